The number of hydrazine groups is 1. The molecule has 1 aliphatic heterocycles. The molecular weight excluding hydrogens is 704 g/mol. The van der Waals surface area contributed by atoms with Crippen LogP contribution in [0.3, 0.4) is 0 Å². The Hall–Kier alpha value is -3.34. The molecule has 11 heteroatoms. The molecule has 43 heavy (non-hydrogen) atoms. The number of aryl methyl sites for hydroxylation is 1. The SMILES string of the molecule is Cc1ccc(C(=O)Oc2ccc(C(=O)CN(C(=O)c3ccccc3Cl)N3C(=O)[C@@H]4[C@H]5C[C@@H]([C@H](Br)[C@H]5Br)[C@@H]4C3=O)cc2)cc1. The highest BCUT2D eigenvalue weighted by atomic mass is 79.9. The Kier molecular flexibility index (Phi) is 8.04. The average Bonchev–Trinajstić information content (AvgIpc) is 3.61. The number of carbonyl (C=O) groups is 5. The number of amides is 3. The zero-order valence-electron chi connectivity index (χ0n) is 22.8. The molecule has 2 saturated carbocycles. The number of ketones is 1. The number of imide groups is 1. The number of Topliss-reactive ketones (excluding diaryl/α,β-unsaturated/α-hetero) is 1. The Morgan fingerprint density at radius 1 is 0.860 bits per heavy atom. The lowest BCUT2D eigenvalue weighted by molar-refractivity contribution is -0.154. The summed E-state index contributed by atoms with van der Waals surface area (Å²) in [4.78, 5) is 67.5. The first-order valence-electron chi connectivity index (χ1n) is 13.7. The molecule has 3 fully saturated rings. The lowest BCUT2D eigenvalue weighted by atomic mass is 9.81. The number of nitrogens with zero attached hydrogens (tertiary/aromatic N) is 2. The minimum absolute atomic E-state index is 0.0171. The van der Waals surface area contributed by atoms with E-state index < -0.39 is 47.9 Å². The first-order chi connectivity index (χ1) is 20.6. The molecular formula is C32H25Br2ClN2O6. The van der Waals surface area contributed by atoms with Gasteiger partial charge in [0.2, 0.25) is 0 Å². The molecule has 6 rings (SSSR count). The predicted molar refractivity (Wildman–Crippen MR) is 165 cm³/mol. The zero-order chi connectivity index (χ0) is 30.6. The minimum atomic E-state index is -0.734. The Labute approximate surface area is 269 Å². The van der Waals surface area contributed by atoms with Gasteiger partial charge in [0, 0.05) is 15.2 Å². The van der Waals surface area contributed by atoms with Crippen LogP contribution in [0, 0.1) is 30.6 Å². The van der Waals surface area contributed by atoms with Crippen LogP contribution < -0.4 is 4.74 Å². The lowest BCUT2D eigenvalue weighted by Crippen LogP contribution is -2.52. The Bertz CT molecular complexity index is 1610. The molecule has 2 aliphatic carbocycles. The van der Waals surface area contributed by atoms with E-state index in [0.717, 1.165) is 22.0 Å². The second-order valence-electron chi connectivity index (χ2n) is 11.0. The fraction of sp³-hybridized carbons (Fsp3) is 0.281. The molecule has 0 aromatic heterocycles. The summed E-state index contributed by atoms with van der Waals surface area (Å²) in [5.74, 6) is -3.82. The van der Waals surface area contributed by atoms with E-state index in [4.69, 9.17) is 16.3 Å². The number of ether oxygens (including phenoxy) is 1. The summed E-state index contributed by atoms with van der Waals surface area (Å²) < 4.78 is 5.43. The number of carbonyl (C=O) groups excluding carboxylic acids is 5. The molecule has 0 N–H and O–H groups in total. The maximum Gasteiger partial charge on any atom is 0.343 e. The van der Waals surface area contributed by atoms with Crippen molar-refractivity contribution in [1.82, 2.24) is 10.0 Å². The van der Waals surface area contributed by atoms with Gasteiger partial charge in [-0.3, -0.25) is 19.2 Å². The van der Waals surface area contributed by atoms with Gasteiger partial charge in [-0.25, -0.2) is 9.80 Å². The summed E-state index contributed by atoms with van der Waals surface area (Å²) in [6.45, 7) is 1.34. The second-order valence-corrected chi connectivity index (χ2v) is 13.6. The van der Waals surface area contributed by atoms with Crippen LogP contribution in [0.5, 0.6) is 5.75 Å². The summed E-state index contributed by atoms with van der Waals surface area (Å²) in [6, 6.07) is 19.1. The number of hydrogen-bond acceptors (Lipinski definition) is 6. The molecule has 2 bridgehead atoms. The average molecular weight is 729 g/mol. The maximum atomic E-state index is 13.8. The number of alkyl halides is 2. The third-order valence-corrected chi connectivity index (χ3v) is 12.0. The van der Waals surface area contributed by atoms with Crippen molar-refractivity contribution in [2.24, 2.45) is 23.7 Å². The fourth-order valence-corrected chi connectivity index (χ4v) is 8.46. The number of halogens is 3. The third-order valence-electron chi connectivity index (χ3n) is 8.51. The van der Waals surface area contributed by atoms with Gasteiger partial charge < -0.3 is 4.74 Å². The monoisotopic (exact) mass is 726 g/mol. The highest BCUT2D eigenvalue weighted by Crippen LogP contribution is 2.60. The number of rotatable bonds is 7. The molecule has 1 heterocycles. The number of benzene rings is 3. The predicted octanol–water partition coefficient (Wildman–Crippen LogP) is 5.89. The second kappa shape index (κ2) is 11.6. The quantitative estimate of drug-likeness (QED) is 0.0991. The summed E-state index contributed by atoms with van der Waals surface area (Å²) >= 11 is 13.7. The van der Waals surface area contributed by atoms with Gasteiger partial charge in [0.1, 0.15) is 12.3 Å². The zero-order valence-corrected chi connectivity index (χ0v) is 26.7. The van der Waals surface area contributed by atoms with Crippen LogP contribution >= 0.6 is 43.5 Å². The van der Waals surface area contributed by atoms with Crippen LogP contribution in [0.1, 0.15) is 43.1 Å². The van der Waals surface area contributed by atoms with Crippen LogP contribution in [0.4, 0.5) is 0 Å². The van der Waals surface area contributed by atoms with Crippen LogP contribution in [-0.2, 0) is 9.59 Å². The lowest BCUT2D eigenvalue weighted by Gasteiger charge is -2.31. The number of esters is 1. The largest absolute Gasteiger partial charge is 0.423 e. The van der Waals surface area contributed by atoms with E-state index in [1.54, 1.807) is 36.4 Å². The van der Waals surface area contributed by atoms with E-state index in [1.807, 2.05) is 6.92 Å². The molecule has 8 nitrogen and oxygen atoms in total. The van der Waals surface area contributed by atoms with Crippen molar-refractivity contribution in [2.45, 2.75) is 23.0 Å². The van der Waals surface area contributed by atoms with Crippen LogP contribution in [-0.4, -0.2) is 55.7 Å². The number of hydrogen-bond donors (Lipinski definition) is 0. The van der Waals surface area contributed by atoms with Crippen molar-refractivity contribution in [2.75, 3.05) is 6.54 Å². The summed E-state index contributed by atoms with van der Waals surface area (Å²) in [6.07, 6.45) is 0.727. The Morgan fingerprint density at radius 2 is 1.42 bits per heavy atom. The van der Waals surface area contributed by atoms with Gasteiger partial charge in [-0.05, 0) is 73.7 Å². The van der Waals surface area contributed by atoms with Crippen molar-refractivity contribution in [3.05, 3.63) is 100 Å². The van der Waals surface area contributed by atoms with E-state index in [0.29, 0.717) is 5.56 Å². The summed E-state index contributed by atoms with van der Waals surface area (Å²) in [7, 11) is 0. The standard InChI is InChI=1S/C32H25Br2ClN2O6/c1-16-6-8-18(9-7-16)32(42)43-19-12-10-17(11-13-19)24(38)15-36(29(39)20-4-2-3-5-23(20)35)37-30(40)25-21-14-22(26(25)31(37)41)28(34)27(21)33/h2-13,21-22,25-28H,14-15H2,1H3/t21-,22-,25-,26+,27+,28+/m1/s1. The smallest absolute Gasteiger partial charge is 0.343 e. The number of fused-ring (bicyclic) bond motifs is 5. The summed E-state index contributed by atoms with van der Waals surface area (Å²) in [5.41, 5.74) is 1.66. The molecule has 3 amide bonds. The van der Waals surface area contributed by atoms with Gasteiger partial charge in [-0.1, -0.05) is 73.3 Å². The molecule has 3 aliphatic rings. The van der Waals surface area contributed by atoms with Gasteiger partial charge in [-0.2, -0.15) is 5.01 Å². The van der Waals surface area contributed by atoms with Crippen LogP contribution in [0.2, 0.25) is 5.02 Å². The van der Waals surface area contributed by atoms with Crippen molar-refractivity contribution >= 4 is 72.9 Å². The molecule has 0 unspecified atom stereocenters. The third kappa shape index (κ3) is 5.23. The fourth-order valence-electron chi connectivity index (χ4n) is 6.37. The van der Waals surface area contributed by atoms with Crippen molar-refractivity contribution < 1.29 is 28.7 Å². The van der Waals surface area contributed by atoms with Crippen molar-refractivity contribution in [3.63, 3.8) is 0 Å². The Morgan fingerprint density at radius 3 is 2.00 bits per heavy atom. The topological polar surface area (TPSA) is 101 Å². The first-order valence-corrected chi connectivity index (χ1v) is 15.9. The molecule has 0 radical (unpaired) electrons. The van der Waals surface area contributed by atoms with Gasteiger partial charge >= 0.3 is 5.97 Å². The summed E-state index contributed by atoms with van der Waals surface area (Å²) in [5, 5.41) is 1.91. The Balaban J connectivity index is 1.25. The highest BCUT2D eigenvalue weighted by molar-refractivity contribution is 9.12. The van der Waals surface area contributed by atoms with Crippen molar-refractivity contribution in [3.8, 4) is 5.75 Å². The van der Waals surface area contributed by atoms with Gasteiger partial charge in [0.15, 0.2) is 5.78 Å². The van der Waals surface area contributed by atoms with E-state index in [1.165, 1.54) is 36.4 Å². The molecule has 220 valence electrons. The normalized spacial score (nSPS) is 25.5. The van der Waals surface area contributed by atoms with E-state index in [-0.39, 0.29) is 43.4 Å². The van der Waals surface area contributed by atoms with E-state index >= 15 is 0 Å². The molecule has 3 aromatic carbocycles. The molecule has 3 aromatic rings. The van der Waals surface area contributed by atoms with Crippen LogP contribution in [0.25, 0.3) is 0 Å². The van der Waals surface area contributed by atoms with Crippen LogP contribution in [0.15, 0.2) is 72.8 Å². The first kappa shape index (κ1) is 29.7. The van der Waals surface area contributed by atoms with Gasteiger partial charge in [0.25, 0.3) is 17.7 Å². The highest BCUT2D eigenvalue weighted by Gasteiger charge is 2.67. The van der Waals surface area contributed by atoms with E-state index in [2.05, 4.69) is 31.9 Å². The van der Waals surface area contributed by atoms with Gasteiger partial charge in [0.05, 0.1) is 28.0 Å². The van der Waals surface area contributed by atoms with E-state index in [9.17, 15) is 24.0 Å². The molecule has 6 atom stereocenters. The minimum Gasteiger partial charge on any atom is -0.423 e. The maximum absolute atomic E-state index is 13.8. The van der Waals surface area contributed by atoms with Gasteiger partial charge in [-0.15, -0.1) is 0 Å². The molecule has 1 saturated heterocycles. The molecule has 0 spiro atoms. The van der Waals surface area contributed by atoms with Crippen molar-refractivity contribution in [1.29, 1.82) is 0 Å².